The number of aliphatic hydroxyl groups excluding tert-OH is 1. The van der Waals surface area contributed by atoms with Crippen LogP contribution in [0.25, 0.3) is 0 Å². The van der Waals surface area contributed by atoms with Crippen LogP contribution in [0.4, 0.5) is 0 Å². The second-order valence-electron chi connectivity index (χ2n) is 2.49. The van der Waals surface area contributed by atoms with Gasteiger partial charge < -0.3 is 10.2 Å². The molecule has 0 saturated heterocycles. The first-order valence-electron chi connectivity index (χ1n) is 2.75. The SMILES string of the molecule is CC(C)(C)O.CCO. The quantitative estimate of drug-likeness (QED) is 0.496. The van der Waals surface area contributed by atoms with Crippen molar-refractivity contribution in [3.05, 3.63) is 0 Å². The highest BCUT2D eigenvalue weighted by atomic mass is 16.3. The maximum atomic E-state index is 8.52. The predicted octanol–water partition coefficient (Wildman–Crippen LogP) is 0.776. The lowest BCUT2D eigenvalue weighted by Crippen LogP contribution is -2.10. The molecule has 0 amide bonds. The Labute approximate surface area is 51.2 Å². The van der Waals surface area contributed by atoms with Crippen molar-refractivity contribution in [2.75, 3.05) is 6.61 Å². The van der Waals surface area contributed by atoms with Gasteiger partial charge in [0, 0.05) is 6.61 Å². The highest BCUT2D eigenvalue weighted by Crippen LogP contribution is 1.93. The van der Waals surface area contributed by atoms with E-state index in [0.717, 1.165) is 0 Å². The van der Waals surface area contributed by atoms with Crippen LogP contribution in [0.2, 0.25) is 0 Å². The molecular formula is C6H16O2. The molecule has 0 aromatic carbocycles. The van der Waals surface area contributed by atoms with Crippen molar-refractivity contribution in [2.45, 2.75) is 33.3 Å². The van der Waals surface area contributed by atoms with Crippen molar-refractivity contribution in [2.24, 2.45) is 0 Å². The summed E-state index contributed by atoms with van der Waals surface area (Å²) in [6.07, 6.45) is 0. The molecule has 2 N–H and O–H groups in total. The van der Waals surface area contributed by atoms with Gasteiger partial charge in [0.05, 0.1) is 5.60 Å². The molecule has 0 aliphatic carbocycles. The molecule has 52 valence electrons. The third-order valence-electron chi connectivity index (χ3n) is 0. The van der Waals surface area contributed by atoms with E-state index in [-0.39, 0.29) is 6.61 Å². The zero-order valence-corrected chi connectivity index (χ0v) is 6.10. The van der Waals surface area contributed by atoms with E-state index in [1.807, 2.05) is 0 Å². The average molecular weight is 120 g/mol. The Kier molecular flexibility index (Phi) is 6.85. The Morgan fingerprint density at radius 2 is 1.25 bits per heavy atom. The normalized spacial score (nSPS) is 9.75. The molecule has 0 aromatic heterocycles. The molecule has 0 radical (unpaired) electrons. The highest BCUT2D eigenvalue weighted by Gasteiger charge is 1.97. The van der Waals surface area contributed by atoms with Crippen LogP contribution >= 0.6 is 0 Å². The zero-order valence-electron chi connectivity index (χ0n) is 6.10. The van der Waals surface area contributed by atoms with Gasteiger partial charge in [-0.25, -0.2) is 0 Å². The maximum absolute atomic E-state index is 8.52. The summed E-state index contributed by atoms with van der Waals surface area (Å²) in [5.41, 5.74) is -0.500. The van der Waals surface area contributed by atoms with E-state index in [1.54, 1.807) is 27.7 Å². The molecule has 0 rings (SSSR count). The zero-order chi connectivity index (χ0) is 7.21. The maximum Gasteiger partial charge on any atom is 0.0563 e. The van der Waals surface area contributed by atoms with Crippen LogP contribution in [-0.2, 0) is 0 Å². The van der Waals surface area contributed by atoms with Crippen molar-refractivity contribution in [1.82, 2.24) is 0 Å². The fraction of sp³-hybridized carbons (Fsp3) is 1.00. The standard InChI is InChI=1S/C4H10O.C2H6O/c1-4(2,3)5;1-2-3/h5H,1-3H3;3H,2H2,1H3. The van der Waals surface area contributed by atoms with E-state index in [2.05, 4.69) is 0 Å². The lowest BCUT2D eigenvalue weighted by atomic mass is 10.2. The van der Waals surface area contributed by atoms with Gasteiger partial charge in [-0.15, -0.1) is 0 Å². The second-order valence-corrected chi connectivity index (χ2v) is 2.49. The van der Waals surface area contributed by atoms with Gasteiger partial charge >= 0.3 is 0 Å². The topological polar surface area (TPSA) is 40.5 Å². The molecule has 0 spiro atoms. The van der Waals surface area contributed by atoms with Gasteiger partial charge in [0.2, 0.25) is 0 Å². The van der Waals surface area contributed by atoms with Crippen molar-refractivity contribution in [3.63, 3.8) is 0 Å². The van der Waals surface area contributed by atoms with E-state index in [0.29, 0.717) is 0 Å². The average Bonchev–Trinajstić information content (AvgIpc) is 1.27. The second kappa shape index (κ2) is 5.06. The van der Waals surface area contributed by atoms with Gasteiger partial charge in [-0.05, 0) is 27.7 Å². The van der Waals surface area contributed by atoms with Crippen molar-refractivity contribution in [1.29, 1.82) is 0 Å². The molecule has 0 atom stereocenters. The van der Waals surface area contributed by atoms with E-state index >= 15 is 0 Å². The Balaban J connectivity index is 0. The monoisotopic (exact) mass is 120 g/mol. The summed E-state index contributed by atoms with van der Waals surface area (Å²) in [6.45, 7) is 7.16. The minimum Gasteiger partial charge on any atom is -0.397 e. The Morgan fingerprint density at radius 1 is 1.25 bits per heavy atom. The molecule has 0 aliphatic rings. The third-order valence-corrected chi connectivity index (χ3v) is 0. The molecule has 0 bridgehead atoms. The first-order valence-corrected chi connectivity index (χ1v) is 2.75. The molecule has 0 heterocycles. The van der Waals surface area contributed by atoms with Crippen molar-refractivity contribution >= 4 is 0 Å². The number of rotatable bonds is 0. The summed E-state index contributed by atoms with van der Waals surface area (Å²) >= 11 is 0. The lowest BCUT2D eigenvalue weighted by Gasteiger charge is -2.04. The van der Waals surface area contributed by atoms with Crippen molar-refractivity contribution in [3.8, 4) is 0 Å². The molecule has 0 saturated carbocycles. The molecule has 0 aromatic rings. The van der Waals surface area contributed by atoms with Crippen LogP contribution < -0.4 is 0 Å². The largest absolute Gasteiger partial charge is 0.397 e. The molecule has 0 aliphatic heterocycles. The number of hydrogen-bond donors (Lipinski definition) is 2. The fourth-order valence-electron chi connectivity index (χ4n) is 0. The summed E-state index contributed by atoms with van der Waals surface area (Å²) < 4.78 is 0. The minimum atomic E-state index is -0.500. The van der Waals surface area contributed by atoms with Crippen LogP contribution in [0.1, 0.15) is 27.7 Å². The van der Waals surface area contributed by atoms with Gasteiger partial charge in [0.1, 0.15) is 0 Å². The third kappa shape index (κ3) is 22400. The van der Waals surface area contributed by atoms with Gasteiger partial charge in [-0.3, -0.25) is 0 Å². The van der Waals surface area contributed by atoms with Crippen LogP contribution in [0, 0.1) is 0 Å². The Hall–Kier alpha value is -0.0800. The summed E-state index contributed by atoms with van der Waals surface area (Å²) in [6, 6.07) is 0. The first-order chi connectivity index (χ1) is 3.41. The van der Waals surface area contributed by atoms with Gasteiger partial charge in [-0.1, -0.05) is 0 Å². The molecule has 8 heavy (non-hydrogen) atoms. The highest BCUT2D eigenvalue weighted by molar-refractivity contribution is 4.50. The number of aliphatic hydroxyl groups is 2. The summed E-state index contributed by atoms with van der Waals surface area (Å²) in [7, 11) is 0. The van der Waals surface area contributed by atoms with Crippen molar-refractivity contribution < 1.29 is 10.2 Å². The fourth-order valence-corrected chi connectivity index (χ4v) is 0. The van der Waals surface area contributed by atoms with E-state index < -0.39 is 5.60 Å². The Morgan fingerprint density at radius 3 is 1.25 bits per heavy atom. The molecule has 0 unspecified atom stereocenters. The van der Waals surface area contributed by atoms with Crippen LogP contribution in [-0.4, -0.2) is 22.4 Å². The van der Waals surface area contributed by atoms with E-state index in [1.165, 1.54) is 0 Å². The van der Waals surface area contributed by atoms with Crippen LogP contribution in [0.15, 0.2) is 0 Å². The summed E-state index contributed by atoms with van der Waals surface area (Å²) in [5.74, 6) is 0. The number of hydrogen-bond acceptors (Lipinski definition) is 2. The van der Waals surface area contributed by atoms with Crippen LogP contribution in [0.5, 0.6) is 0 Å². The summed E-state index contributed by atoms with van der Waals surface area (Å²) in [4.78, 5) is 0. The van der Waals surface area contributed by atoms with E-state index in [4.69, 9.17) is 10.2 Å². The molecule has 0 fully saturated rings. The minimum absolute atomic E-state index is 0.250. The molecular weight excluding hydrogens is 104 g/mol. The van der Waals surface area contributed by atoms with Gasteiger partial charge in [0.25, 0.3) is 0 Å². The van der Waals surface area contributed by atoms with E-state index in [9.17, 15) is 0 Å². The van der Waals surface area contributed by atoms with Gasteiger partial charge in [-0.2, -0.15) is 0 Å². The predicted molar refractivity (Wildman–Crippen MR) is 34.7 cm³/mol. The molecule has 2 nitrogen and oxygen atoms in total. The Bertz CT molecular complexity index is 30.3. The summed E-state index contributed by atoms with van der Waals surface area (Å²) in [5, 5.41) is 16.1. The van der Waals surface area contributed by atoms with Crippen LogP contribution in [0.3, 0.4) is 0 Å². The lowest BCUT2D eigenvalue weighted by molar-refractivity contribution is 0.102. The smallest absolute Gasteiger partial charge is 0.0563 e. The first kappa shape index (κ1) is 10.8. The van der Waals surface area contributed by atoms with Gasteiger partial charge in [0.15, 0.2) is 0 Å². The molecule has 2 heteroatoms.